The fourth-order valence-corrected chi connectivity index (χ4v) is 3.21. The predicted octanol–water partition coefficient (Wildman–Crippen LogP) is 5.26. The summed E-state index contributed by atoms with van der Waals surface area (Å²) in [6.45, 7) is 5.81. The molecule has 0 fully saturated rings. The lowest BCUT2D eigenvalue weighted by Crippen LogP contribution is -2.36. The highest BCUT2D eigenvalue weighted by molar-refractivity contribution is 6.10. The molecule has 3 rings (SSSR count). The van der Waals surface area contributed by atoms with Crippen LogP contribution < -0.4 is 15.1 Å². The molecule has 3 aromatic rings. The largest absolute Gasteiger partial charge is 0.334 e. The molecule has 0 spiro atoms. The minimum Gasteiger partial charge on any atom is -0.334 e. The molecule has 6 heteroatoms. The van der Waals surface area contributed by atoms with Gasteiger partial charge in [-0.3, -0.25) is 9.69 Å². The van der Waals surface area contributed by atoms with Crippen LogP contribution in [0.1, 0.15) is 15.9 Å². The lowest BCUT2D eigenvalue weighted by Gasteiger charge is -2.22. The first-order valence-corrected chi connectivity index (χ1v) is 10.2. The number of carbonyl (C=O) groups is 2. The van der Waals surface area contributed by atoms with E-state index in [1.165, 1.54) is 17.2 Å². The number of para-hydroxylation sites is 2. The minimum atomic E-state index is -0.357. The second kappa shape index (κ2) is 10.7. The number of hydrogen-bond acceptors (Lipinski definition) is 4. The summed E-state index contributed by atoms with van der Waals surface area (Å²) >= 11 is 0. The van der Waals surface area contributed by atoms with E-state index < -0.39 is 0 Å². The Morgan fingerprint density at radius 3 is 2.25 bits per heavy atom. The third-order valence-electron chi connectivity index (χ3n) is 4.87. The van der Waals surface area contributed by atoms with Gasteiger partial charge in [0.15, 0.2) is 5.78 Å². The van der Waals surface area contributed by atoms with Crippen LogP contribution in [0.25, 0.3) is 0 Å². The van der Waals surface area contributed by atoms with E-state index in [-0.39, 0.29) is 11.8 Å². The van der Waals surface area contributed by atoms with Crippen molar-refractivity contribution in [3.63, 3.8) is 0 Å². The van der Waals surface area contributed by atoms with Gasteiger partial charge >= 0.3 is 6.03 Å². The minimum absolute atomic E-state index is 0.245. The molecule has 6 nitrogen and oxygen atoms in total. The third kappa shape index (κ3) is 5.29. The maximum absolute atomic E-state index is 13.3. The van der Waals surface area contributed by atoms with Crippen LogP contribution in [0, 0.1) is 6.92 Å². The zero-order valence-corrected chi connectivity index (χ0v) is 18.2. The zero-order valence-electron chi connectivity index (χ0n) is 18.2. The Bertz CT molecular complexity index is 1110. The molecular weight excluding hydrogens is 400 g/mol. The average Bonchev–Trinajstić information content (AvgIpc) is 2.83. The number of nitrogens with zero attached hydrogens (tertiary/aromatic N) is 3. The van der Waals surface area contributed by atoms with Gasteiger partial charge in [0.25, 0.3) is 0 Å². The summed E-state index contributed by atoms with van der Waals surface area (Å²) in [4.78, 5) is 33.7. The highest BCUT2D eigenvalue weighted by Gasteiger charge is 2.19. The lowest BCUT2D eigenvalue weighted by molar-refractivity contribution is 0.104. The van der Waals surface area contributed by atoms with Crippen molar-refractivity contribution in [2.75, 3.05) is 23.4 Å². The first-order valence-electron chi connectivity index (χ1n) is 10.2. The first kappa shape index (κ1) is 22.5. The quantitative estimate of drug-likeness (QED) is 0.303. The van der Waals surface area contributed by atoms with Crippen LogP contribution >= 0.6 is 0 Å². The Balaban J connectivity index is 1.94. The molecule has 162 valence electrons. The van der Waals surface area contributed by atoms with E-state index in [1.54, 1.807) is 30.5 Å². The summed E-state index contributed by atoms with van der Waals surface area (Å²) in [6, 6.07) is 20.3. The van der Waals surface area contributed by atoms with Gasteiger partial charge in [0.1, 0.15) is 5.82 Å². The fraction of sp³-hybridized carbons (Fsp3) is 0.115. The Labute approximate surface area is 188 Å². The highest BCUT2D eigenvalue weighted by atomic mass is 16.2. The van der Waals surface area contributed by atoms with E-state index in [2.05, 4.69) is 16.9 Å². The molecule has 0 aliphatic carbocycles. The number of pyridine rings is 1. The number of aryl methyl sites for hydroxylation is 1. The lowest BCUT2D eigenvalue weighted by atomic mass is 10.1. The van der Waals surface area contributed by atoms with E-state index in [0.29, 0.717) is 23.6 Å². The number of carbonyl (C=O) groups excluding carboxylic acids is 2. The Morgan fingerprint density at radius 1 is 1.00 bits per heavy atom. The standard InChI is InChI=1S/C26H26N4O2/c1-4-17-28-26(32)30(22-13-9-6-10-14-22)19-16-23(31)24-20(2)15-18-27-25(24)29(3)21-11-7-5-8-12-21/h4-16,18-19H,1,17H2,2-3H3,(H,28,32)/b19-16+. The van der Waals surface area contributed by atoms with E-state index in [9.17, 15) is 9.59 Å². The molecule has 0 saturated heterocycles. The molecule has 1 aromatic heterocycles. The van der Waals surface area contributed by atoms with Crippen LogP contribution in [0.4, 0.5) is 22.0 Å². The molecule has 0 radical (unpaired) electrons. The van der Waals surface area contributed by atoms with Gasteiger partial charge < -0.3 is 10.2 Å². The van der Waals surface area contributed by atoms with Gasteiger partial charge in [-0.2, -0.15) is 0 Å². The molecule has 2 aromatic carbocycles. The summed E-state index contributed by atoms with van der Waals surface area (Å²) < 4.78 is 0. The molecule has 0 saturated carbocycles. The van der Waals surface area contributed by atoms with Gasteiger partial charge in [-0.15, -0.1) is 6.58 Å². The van der Waals surface area contributed by atoms with Gasteiger partial charge in [0, 0.05) is 37.8 Å². The van der Waals surface area contributed by atoms with Crippen molar-refractivity contribution >= 4 is 29.0 Å². The summed E-state index contributed by atoms with van der Waals surface area (Å²) in [5, 5.41) is 2.74. The van der Waals surface area contributed by atoms with Crippen molar-refractivity contribution in [1.82, 2.24) is 10.3 Å². The maximum Gasteiger partial charge on any atom is 0.326 e. The van der Waals surface area contributed by atoms with Crippen molar-refractivity contribution in [3.8, 4) is 0 Å². The topological polar surface area (TPSA) is 65.5 Å². The smallest absolute Gasteiger partial charge is 0.326 e. The van der Waals surface area contributed by atoms with Crippen LogP contribution in [0.15, 0.2) is 97.9 Å². The fourth-order valence-electron chi connectivity index (χ4n) is 3.21. The second-order valence-electron chi connectivity index (χ2n) is 7.08. The van der Waals surface area contributed by atoms with Gasteiger partial charge in [-0.05, 0) is 42.8 Å². The molecule has 0 aliphatic heterocycles. The number of rotatable bonds is 8. The molecule has 0 bridgehead atoms. The van der Waals surface area contributed by atoms with E-state index in [4.69, 9.17) is 0 Å². The van der Waals surface area contributed by atoms with Crippen molar-refractivity contribution < 1.29 is 9.59 Å². The Kier molecular flexibility index (Phi) is 7.54. The van der Waals surface area contributed by atoms with Crippen LogP contribution in [0.5, 0.6) is 0 Å². The highest BCUT2D eigenvalue weighted by Crippen LogP contribution is 2.27. The number of anilines is 3. The van der Waals surface area contributed by atoms with Crippen molar-refractivity contribution in [2.45, 2.75) is 6.92 Å². The molecule has 32 heavy (non-hydrogen) atoms. The van der Waals surface area contributed by atoms with Gasteiger partial charge in [0.05, 0.1) is 11.3 Å². The second-order valence-corrected chi connectivity index (χ2v) is 7.08. The third-order valence-corrected chi connectivity index (χ3v) is 4.87. The Hall–Kier alpha value is -4.19. The average molecular weight is 427 g/mol. The van der Waals surface area contributed by atoms with E-state index in [0.717, 1.165) is 11.3 Å². The number of hydrogen-bond donors (Lipinski definition) is 1. The van der Waals surface area contributed by atoms with E-state index in [1.807, 2.05) is 67.4 Å². The van der Waals surface area contributed by atoms with Gasteiger partial charge in [-0.1, -0.05) is 42.5 Å². The zero-order chi connectivity index (χ0) is 22.9. The number of allylic oxidation sites excluding steroid dienone is 1. The number of aromatic nitrogens is 1. The van der Waals surface area contributed by atoms with Crippen LogP contribution in [0.2, 0.25) is 0 Å². The molecular formula is C26H26N4O2. The molecule has 1 heterocycles. The summed E-state index contributed by atoms with van der Waals surface area (Å²) in [5.74, 6) is 0.305. The Morgan fingerprint density at radius 2 is 1.62 bits per heavy atom. The number of benzene rings is 2. The first-order chi connectivity index (χ1) is 15.5. The maximum atomic E-state index is 13.3. The molecule has 0 unspecified atom stereocenters. The normalized spacial score (nSPS) is 10.6. The predicted molar refractivity (Wildman–Crippen MR) is 129 cm³/mol. The van der Waals surface area contributed by atoms with Crippen molar-refractivity contribution in [2.24, 2.45) is 0 Å². The molecule has 0 atom stereocenters. The number of nitrogens with one attached hydrogen (secondary N) is 1. The summed E-state index contributed by atoms with van der Waals surface area (Å²) in [7, 11) is 1.87. The van der Waals surface area contributed by atoms with Gasteiger partial charge in [-0.25, -0.2) is 9.78 Å². The summed E-state index contributed by atoms with van der Waals surface area (Å²) in [5.41, 5.74) is 2.84. The van der Waals surface area contributed by atoms with Crippen LogP contribution in [-0.2, 0) is 0 Å². The van der Waals surface area contributed by atoms with Crippen molar-refractivity contribution in [1.29, 1.82) is 0 Å². The molecule has 0 aliphatic rings. The monoisotopic (exact) mass is 426 g/mol. The number of ketones is 1. The SMILES string of the molecule is C=CCNC(=O)N(/C=C/C(=O)c1c(C)ccnc1N(C)c1ccccc1)c1ccccc1. The van der Waals surface area contributed by atoms with Crippen LogP contribution in [0.3, 0.4) is 0 Å². The van der Waals surface area contributed by atoms with E-state index >= 15 is 0 Å². The summed E-state index contributed by atoms with van der Waals surface area (Å²) in [6.07, 6.45) is 6.16. The number of urea groups is 1. The molecule has 2 amide bonds. The van der Waals surface area contributed by atoms with Gasteiger partial charge in [0.2, 0.25) is 0 Å². The van der Waals surface area contributed by atoms with Crippen molar-refractivity contribution in [3.05, 3.63) is 109 Å². The van der Waals surface area contributed by atoms with Crippen LogP contribution in [-0.4, -0.2) is 30.4 Å². The molecule has 1 N–H and O–H groups in total. The number of amides is 2.